The first-order valence-corrected chi connectivity index (χ1v) is 6.51. The van der Waals surface area contributed by atoms with Crippen molar-refractivity contribution < 1.29 is 22.7 Å². The molecule has 1 atom stereocenters. The third-order valence-corrected chi connectivity index (χ3v) is 2.82. The summed E-state index contributed by atoms with van der Waals surface area (Å²) in [6.07, 6.45) is -3.75. The van der Waals surface area contributed by atoms with Gasteiger partial charge in [0.2, 0.25) is 5.91 Å². The predicted octanol–water partition coefficient (Wildman–Crippen LogP) is 3.09. The number of halogens is 4. The second kappa shape index (κ2) is 8.85. The van der Waals surface area contributed by atoms with Crippen LogP contribution in [0.3, 0.4) is 0 Å². The van der Waals surface area contributed by atoms with Crippen LogP contribution >= 0.6 is 12.4 Å². The standard InChI is InChI=1S/C14H19F3N2O2.ClH/c1-10(18)3-8-13(20)19(2)9-11-4-6-12(7-5-11)21-14(15,16)17;/h4-7,10H,3,8-9,18H2,1-2H3;1H. The molecule has 0 aromatic heterocycles. The molecule has 0 saturated heterocycles. The monoisotopic (exact) mass is 340 g/mol. The Bertz CT molecular complexity index is 464. The smallest absolute Gasteiger partial charge is 0.406 e. The van der Waals surface area contributed by atoms with Crippen molar-refractivity contribution in [3.8, 4) is 5.75 Å². The Morgan fingerprint density at radius 3 is 2.32 bits per heavy atom. The highest BCUT2D eigenvalue weighted by atomic mass is 35.5. The molecule has 0 radical (unpaired) electrons. The number of nitrogens with two attached hydrogens (primary N) is 1. The molecule has 126 valence electrons. The summed E-state index contributed by atoms with van der Waals surface area (Å²) < 4.78 is 39.8. The number of hydrogen-bond acceptors (Lipinski definition) is 3. The van der Waals surface area contributed by atoms with E-state index in [9.17, 15) is 18.0 Å². The van der Waals surface area contributed by atoms with E-state index in [0.717, 1.165) is 5.56 Å². The van der Waals surface area contributed by atoms with Crippen LogP contribution in [0.5, 0.6) is 5.75 Å². The van der Waals surface area contributed by atoms with Gasteiger partial charge < -0.3 is 15.4 Å². The van der Waals surface area contributed by atoms with Gasteiger partial charge in [0.15, 0.2) is 0 Å². The van der Waals surface area contributed by atoms with Crippen LogP contribution in [0.4, 0.5) is 13.2 Å². The zero-order valence-corrected chi connectivity index (χ0v) is 13.2. The molecule has 22 heavy (non-hydrogen) atoms. The highest BCUT2D eigenvalue weighted by Gasteiger charge is 2.30. The molecule has 0 fully saturated rings. The van der Waals surface area contributed by atoms with Crippen molar-refractivity contribution in [1.82, 2.24) is 4.90 Å². The molecule has 1 aromatic rings. The van der Waals surface area contributed by atoms with Crippen molar-refractivity contribution in [3.63, 3.8) is 0 Å². The summed E-state index contributed by atoms with van der Waals surface area (Å²) in [6.45, 7) is 2.15. The number of alkyl halides is 3. The number of carbonyl (C=O) groups is 1. The second-order valence-corrected chi connectivity index (χ2v) is 4.96. The van der Waals surface area contributed by atoms with Crippen LogP contribution in [0.25, 0.3) is 0 Å². The van der Waals surface area contributed by atoms with Crippen molar-refractivity contribution in [3.05, 3.63) is 29.8 Å². The quantitative estimate of drug-likeness (QED) is 0.865. The molecule has 1 amide bonds. The lowest BCUT2D eigenvalue weighted by atomic mass is 10.1. The molecule has 0 heterocycles. The van der Waals surface area contributed by atoms with Crippen LogP contribution in [0.15, 0.2) is 24.3 Å². The van der Waals surface area contributed by atoms with Crippen molar-refractivity contribution in [2.45, 2.75) is 38.7 Å². The fraction of sp³-hybridized carbons (Fsp3) is 0.500. The minimum Gasteiger partial charge on any atom is -0.406 e. The van der Waals surface area contributed by atoms with E-state index in [4.69, 9.17) is 5.73 Å². The van der Waals surface area contributed by atoms with Gasteiger partial charge in [0, 0.05) is 26.1 Å². The van der Waals surface area contributed by atoms with Crippen molar-refractivity contribution >= 4 is 18.3 Å². The van der Waals surface area contributed by atoms with Crippen LogP contribution in [0.2, 0.25) is 0 Å². The molecule has 0 spiro atoms. The number of rotatable bonds is 6. The number of nitrogens with zero attached hydrogens (tertiary/aromatic N) is 1. The van der Waals surface area contributed by atoms with E-state index >= 15 is 0 Å². The first-order valence-electron chi connectivity index (χ1n) is 6.51. The maximum absolute atomic E-state index is 12.0. The predicted molar refractivity (Wildman–Crippen MR) is 79.7 cm³/mol. The lowest BCUT2D eigenvalue weighted by Crippen LogP contribution is -2.28. The summed E-state index contributed by atoms with van der Waals surface area (Å²) in [4.78, 5) is 13.3. The van der Waals surface area contributed by atoms with Crippen LogP contribution in [-0.4, -0.2) is 30.3 Å². The van der Waals surface area contributed by atoms with Gasteiger partial charge in [-0.05, 0) is 31.0 Å². The zero-order valence-electron chi connectivity index (χ0n) is 12.4. The van der Waals surface area contributed by atoms with Gasteiger partial charge in [0.1, 0.15) is 5.75 Å². The van der Waals surface area contributed by atoms with Gasteiger partial charge >= 0.3 is 6.36 Å². The number of benzene rings is 1. The van der Waals surface area contributed by atoms with Gasteiger partial charge in [-0.25, -0.2) is 0 Å². The van der Waals surface area contributed by atoms with E-state index < -0.39 is 6.36 Å². The van der Waals surface area contributed by atoms with E-state index in [1.54, 1.807) is 7.05 Å². The Hall–Kier alpha value is -1.47. The average Bonchev–Trinajstić information content (AvgIpc) is 2.36. The molecule has 8 heteroatoms. The van der Waals surface area contributed by atoms with Gasteiger partial charge in [-0.3, -0.25) is 4.79 Å². The first kappa shape index (κ1) is 20.5. The number of hydrogen-bond donors (Lipinski definition) is 1. The van der Waals surface area contributed by atoms with E-state index in [1.165, 1.54) is 29.2 Å². The summed E-state index contributed by atoms with van der Waals surface area (Å²) in [5.74, 6) is -0.333. The van der Waals surface area contributed by atoms with Crippen LogP contribution in [-0.2, 0) is 11.3 Å². The molecule has 0 aliphatic heterocycles. The van der Waals surface area contributed by atoms with E-state index in [-0.39, 0.29) is 30.1 Å². The molecule has 0 saturated carbocycles. The summed E-state index contributed by atoms with van der Waals surface area (Å²) >= 11 is 0. The van der Waals surface area contributed by atoms with E-state index in [2.05, 4.69) is 4.74 Å². The maximum atomic E-state index is 12.0. The van der Waals surface area contributed by atoms with E-state index in [0.29, 0.717) is 19.4 Å². The van der Waals surface area contributed by atoms with Crippen molar-refractivity contribution in [1.29, 1.82) is 0 Å². The second-order valence-electron chi connectivity index (χ2n) is 4.96. The molecule has 0 aliphatic rings. The minimum atomic E-state index is -4.70. The Balaban J connectivity index is 0.00000441. The Morgan fingerprint density at radius 1 is 1.32 bits per heavy atom. The number of ether oxygens (including phenoxy) is 1. The summed E-state index contributed by atoms with van der Waals surface area (Å²) in [7, 11) is 1.64. The molecule has 1 unspecified atom stereocenters. The SMILES string of the molecule is CC(N)CCC(=O)N(C)Cc1ccc(OC(F)(F)F)cc1.Cl. The Labute approximate surface area is 133 Å². The summed E-state index contributed by atoms with van der Waals surface area (Å²) in [6, 6.07) is 5.40. The molecule has 1 aromatic carbocycles. The molecule has 4 nitrogen and oxygen atoms in total. The third-order valence-electron chi connectivity index (χ3n) is 2.82. The molecule has 0 bridgehead atoms. The Kier molecular flexibility index (Phi) is 8.26. The van der Waals surface area contributed by atoms with Crippen molar-refractivity contribution in [2.24, 2.45) is 5.73 Å². The molecular formula is C14H20ClF3N2O2. The zero-order chi connectivity index (χ0) is 16.0. The van der Waals surface area contributed by atoms with Gasteiger partial charge in [-0.15, -0.1) is 25.6 Å². The number of amides is 1. The highest BCUT2D eigenvalue weighted by Crippen LogP contribution is 2.23. The van der Waals surface area contributed by atoms with Crippen LogP contribution in [0, 0.1) is 0 Å². The maximum Gasteiger partial charge on any atom is 0.573 e. The summed E-state index contributed by atoms with van der Waals surface area (Å²) in [5, 5.41) is 0. The highest BCUT2D eigenvalue weighted by molar-refractivity contribution is 5.85. The summed E-state index contributed by atoms with van der Waals surface area (Å²) in [5.41, 5.74) is 6.31. The molecule has 1 rings (SSSR count). The van der Waals surface area contributed by atoms with Crippen LogP contribution < -0.4 is 10.5 Å². The fourth-order valence-corrected chi connectivity index (χ4v) is 1.70. The molecular weight excluding hydrogens is 321 g/mol. The van der Waals surface area contributed by atoms with E-state index in [1.807, 2.05) is 6.92 Å². The first-order chi connectivity index (χ1) is 9.67. The van der Waals surface area contributed by atoms with Crippen molar-refractivity contribution in [2.75, 3.05) is 7.05 Å². The minimum absolute atomic E-state index is 0. The van der Waals surface area contributed by atoms with Gasteiger partial charge in [0.05, 0.1) is 0 Å². The average molecular weight is 341 g/mol. The Morgan fingerprint density at radius 2 is 1.86 bits per heavy atom. The molecule has 2 N–H and O–H groups in total. The largest absolute Gasteiger partial charge is 0.573 e. The normalized spacial score (nSPS) is 12.3. The van der Waals surface area contributed by atoms with Gasteiger partial charge in [-0.2, -0.15) is 0 Å². The lowest BCUT2D eigenvalue weighted by molar-refractivity contribution is -0.274. The lowest BCUT2D eigenvalue weighted by Gasteiger charge is -2.18. The van der Waals surface area contributed by atoms with Crippen LogP contribution in [0.1, 0.15) is 25.3 Å². The molecule has 0 aliphatic carbocycles. The number of carbonyl (C=O) groups excluding carboxylic acids is 1. The van der Waals surface area contributed by atoms with Gasteiger partial charge in [-0.1, -0.05) is 12.1 Å². The third kappa shape index (κ3) is 8.09. The van der Waals surface area contributed by atoms with Gasteiger partial charge in [0.25, 0.3) is 0 Å². The topological polar surface area (TPSA) is 55.6 Å². The fourth-order valence-electron chi connectivity index (χ4n) is 1.70.